The summed E-state index contributed by atoms with van der Waals surface area (Å²) in [6.07, 6.45) is 5.34. The van der Waals surface area contributed by atoms with Crippen LogP contribution >= 0.6 is 0 Å². The van der Waals surface area contributed by atoms with Crippen molar-refractivity contribution in [2.24, 2.45) is 0 Å². The summed E-state index contributed by atoms with van der Waals surface area (Å²) >= 11 is 0. The second-order valence-corrected chi connectivity index (χ2v) is 7.69. The lowest BCUT2D eigenvalue weighted by Crippen LogP contribution is -2.44. The summed E-state index contributed by atoms with van der Waals surface area (Å²) in [5, 5.41) is 8.17. The summed E-state index contributed by atoms with van der Waals surface area (Å²) in [7, 11) is 1.64. The van der Waals surface area contributed by atoms with E-state index in [4.69, 9.17) is 19.4 Å². The van der Waals surface area contributed by atoms with E-state index in [-0.39, 0.29) is 6.04 Å². The molecule has 1 fully saturated rings. The van der Waals surface area contributed by atoms with Crippen LogP contribution in [0.3, 0.4) is 0 Å². The molecular formula is C23H24N6O2. The predicted octanol–water partition coefficient (Wildman–Crippen LogP) is 3.62. The van der Waals surface area contributed by atoms with E-state index in [1.807, 2.05) is 24.4 Å². The van der Waals surface area contributed by atoms with Crippen LogP contribution in [0.2, 0.25) is 0 Å². The number of anilines is 1. The normalized spacial score (nSPS) is 16.6. The molecule has 8 heteroatoms. The molecule has 31 heavy (non-hydrogen) atoms. The van der Waals surface area contributed by atoms with Gasteiger partial charge in [0, 0.05) is 41.6 Å². The van der Waals surface area contributed by atoms with Gasteiger partial charge in [0.15, 0.2) is 0 Å². The van der Waals surface area contributed by atoms with Crippen molar-refractivity contribution in [1.29, 1.82) is 0 Å². The fourth-order valence-corrected chi connectivity index (χ4v) is 4.16. The number of hydrogen-bond donors (Lipinski definition) is 1. The lowest BCUT2D eigenvalue weighted by Gasteiger charge is -2.34. The van der Waals surface area contributed by atoms with Crippen molar-refractivity contribution in [3.8, 4) is 28.4 Å². The Bertz CT molecular complexity index is 1220. The molecule has 1 N–H and O–H groups in total. The first-order chi connectivity index (χ1) is 15.2. The monoisotopic (exact) mass is 416 g/mol. The number of hydrogen-bond acceptors (Lipinski definition) is 7. The second kappa shape index (κ2) is 7.96. The maximum Gasteiger partial charge on any atom is 0.221 e. The Morgan fingerprint density at radius 1 is 1.19 bits per heavy atom. The number of pyridine rings is 3. The topological polar surface area (TPSA) is 89.0 Å². The largest absolute Gasteiger partial charge is 0.481 e. The SMILES string of the molecule is COc1ncccc1-c1cc(N2CCOC[C@H]2C)nc2c(-c3ccn[nH]3)ncc(C)c12. The molecule has 1 aliphatic heterocycles. The molecule has 0 saturated carbocycles. The number of rotatable bonds is 4. The lowest BCUT2D eigenvalue weighted by molar-refractivity contribution is 0.0986. The zero-order valence-electron chi connectivity index (χ0n) is 17.8. The molecule has 0 spiro atoms. The predicted molar refractivity (Wildman–Crippen MR) is 119 cm³/mol. The average Bonchev–Trinajstić information content (AvgIpc) is 3.33. The van der Waals surface area contributed by atoms with Crippen LogP contribution in [0.15, 0.2) is 42.9 Å². The molecule has 0 bridgehead atoms. The molecule has 1 aliphatic rings. The molecule has 4 aromatic rings. The summed E-state index contributed by atoms with van der Waals surface area (Å²) in [6, 6.07) is 8.22. The van der Waals surface area contributed by atoms with Crippen LogP contribution in [0.25, 0.3) is 33.4 Å². The van der Waals surface area contributed by atoms with Crippen molar-refractivity contribution in [3.63, 3.8) is 0 Å². The highest BCUT2D eigenvalue weighted by Crippen LogP contribution is 2.39. The first-order valence-corrected chi connectivity index (χ1v) is 10.3. The van der Waals surface area contributed by atoms with E-state index in [1.54, 1.807) is 19.5 Å². The van der Waals surface area contributed by atoms with Gasteiger partial charge < -0.3 is 14.4 Å². The quantitative estimate of drug-likeness (QED) is 0.543. The van der Waals surface area contributed by atoms with Gasteiger partial charge >= 0.3 is 0 Å². The van der Waals surface area contributed by atoms with Gasteiger partial charge in [-0.1, -0.05) is 0 Å². The number of morpholine rings is 1. The minimum atomic E-state index is 0.218. The van der Waals surface area contributed by atoms with E-state index >= 15 is 0 Å². The van der Waals surface area contributed by atoms with Crippen LogP contribution < -0.4 is 9.64 Å². The molecule has 8 nitrogen and oxygen atoms in total. The molecule has 0 radical (unpaired) electrons. The number of aromatic amines is 1. The number of methoxy groups -OCH3 is 1. The van der Waals surface area contributed by atoms with Crippen LogP contribution in [-0.2, 0) is 4.74 Å². The molecule has 0 unspecified atom stereocenters. The van der Waals surface area contributed by atoms with E-state index in [0.29, 0.717) is 19.1 Å². The van der Waals surface area contributed by atoms with Crippen molar-refractivity contribution >= 4 is 16.7 Å². The summed E-state index contributed by atoms with van der Waals surface area (Å²) < 4.78 is 11.2. The van der Waals surface area contributed by atoms with Gasteiger partial charge in [0.1, 0.15) is 17.0 Å². The molecule has 158 valence electrons. The Morgan fingerprint density at radius 2 is 2.10 bits per heavy atom. The third-order valence-corrected chi connectivity index (χ3v) is 5.68. The number of nitrogens with one attached hydrogen (secondary N) is 1. The summed E-state index contributed by atoms with van der Waals surface area (Å²) in [4.78, 5) is 16.5. The molecule has 0 aliphatic carbocycles. The van der Waals surface area contributed by atoms with Crippen LogP contribution in [0, 0.1) is 6.92 Å². The van der Waals surface area contributed by atoms with Crippen molar-refractivity contribution in [2.45, 2.75) is 19.9 Å². The molecule has 1 saturated heterocycles. The molecular weight excluding hydrogens is 392 g/mol. The molecule has 0 aromatic carbocycles. The van der Waals surface area contributed by atoms with Gasteiger partial charge in [0.25, 0.3) is 0 Å². The zero-order chi connectivity index (χ0) is 21.4. The van der Waals surface area contributed by atoms with E-state index in [1.165, 1.54) is 0 Å². The minimum absolute atomic E-state index is 0.218. The van der Waals surface area contributed by atoms with Gasteiger partial charge in [-0.05, 0) is 43.7 Å². The third-order valence-electron chi connectivity index (χ3n) is 5.68. The molecule has 1 atom stereocenters. The highest BCUT2D eigenvalue weighted by molar-refractivity contribution is 6.04. The maximum atomic E-state index is 5.65. The van der Waals surface area contributed by atoms with Gasteiger partial charge in [0.05, 0.1) is 32.1 Å². The first-order valence-electron chi connectivity index (χ1n) is 10.3. The Balaban J connectivity index is 1.85. The van der Waals surface area contributed by atoms with E-state index in [0.717, 1.165) is 51.3 Å². The fraction of sp³-hybridized carbons (Fsp3) is 0.304. The number of fused-ring (bicyclic) bond motifs is 1. The van der Waals surface area contributed by atoms with Crippen LogP contribution in [0.5, 0.6) is 5.88 Å². The Labute approximate surface area is 180 Å². The highest BCUT2D eigenvalue weighted by Gasteiger charge is 2.24. The number of H-pyrrole nitrogens is 1. The second-order valence-electron chi connectivity index (χ2n) is 7.69. The van der Waals surface area contributed by atoms with Crippen LogP contribution in [-0.4, -0.2) is 58.1 Å². The lowest BCUT2D eigenvalue weighted by atomic mass is 9.97. The van der Waals surface area contributed by atoms with E-state index in [9.17, 15) is 0 Å². The number of aromatic nitrogens is 5. The van der Waals surface area contributed by atoms with Gasteiger partial charge in [-0.2, -0.15) is 5.10 Å². The standard InChI is InChI=1S/C23H24N6O2/c1-14-12-25-21(18-6-8-26-28-18)22-20(14)17(16-5-4-7-24-23(16)30-3)11-19(27-22)29-9-10-31-13-15(29)2/h4-8,11-12,15H,9-10,13H2,1-3H3,(H,26,28)/t15-/m1/s1. The Hall–Kier alpha value is -3.52. The van der Waals surface area contributed by atoms with Gasteiger partial charge in [0.2, 0.25) is 5.88 Å². The Morgan fingerprint density at radius 3 is 2.87 bits per heavy atom. The molecule has 4 aromatic heterocycles. The maximum absolute atomic E-state index is 5.65. The van der Waals surface area contributed by atoms with Crippen molar-refractivity contribution in [1.82, 2.24) is 25.1 Å². The average molecular weight is 416 g/mol. The van der Waals surface area contributed by atoms with Gasteiger partial charge in [-0.25, -0.2) is 9.97 Å². The van der Waals surface area contributed by atoms with Crippen molar-refractivity contribution in [2.75, 3.05) is 31.8 Å². The van der Waals surface area contributed by atoms with Crippen molar-refractivity contribution in [3.05, 3.63) is 48.4 Å². The number of nitrogens with zero attached hydrogens (tertiary/aromatic N) is 5. The first kappa shape index (κ1) is 19.4. The molecule has 5 heterocycles. The van der Waals surface area contributed by atoms with Crippen molar-refractivity contribution < 1.29 is 9.47 Å². The highest BCUT2D eigenvalue weighted by atomic mass is 16.5. The smallest absolute Gasteiger partial charge is 0.221 e. The third kappa shape index (κ3) is 3.38. The molecule has 5 rings (SSSR count). The molecule has 0 amide bonds. The van der Waals surface area contributed by atoms with Gasteiger partial charge in [-0.3, -0.25) is 10.1 Å². The number of aryl methyl sites for hydroxylation is 1. The fourth-order valence-electron chi connectivity index (χ4n) is 4.16. The summed E-state index contributed by atoms with van der Waals surface area (Å²) in [5.41, 5.74) is 5.39. The van der Waals surface area contributed by atoms with Gasteiger partial charge in [-0.15, -0.1) is 0 Å². The minimum Gasteiger partial charge on any atom is -0.481 e. The van der Waals surface area contributed by atoms with Crippen LogP contribution in [0.1, 0.15) is 12.5 Å². The van der Waals surface area contributed by atoms with E-state index in [2.05, 4.69) is 40.0 Å². The summed E-state index contributed by atoms with van der Waals surface area (Å²) in [6.45, 7) is 6.33. The Kier molecular flexibility index (Phi) is 4.99. The summed E-state index contributed by atoms with van der Waals surface area (Å²) in [5.74, 6) is 1.47. The zero-order valence-corrected chi connectivity index (χ0v) is 17.8. The number of ether oxygens (including phenoxy) is 2. The van der Waals surface area contributed by atoms with E-state index < -0.39 is 0 Å². The van der Waals surface area contributed by atoms with Crippen LogP contribution in [0.4, 0.5) is 5.82 Å².